The normalized spacial score (nSPS) is 14.2. The molecule has 0 saturated carbocycles. The molecule has 0 aliphatic heterocycles. The van der Waals surface area contributed by atoms with Crippen LogP contribution in [0.1, 0.15) is 42.5 Å². The predicted molar refractivity (Wildman–Crippen MR) is 117 cm³/mol. The van der Waals surface area contributed by atoms with E-state index >= 15 is 0 Å². The van der Waals surface area contributed by atoms with E-state index in [0.717, 1.165) is 18.4 Å². The summed E-state index contributed by atoms with van der Waals surface area (Å²) in [6.07, 6.45) is 4.76. The Hall–Kier alpha value is -2.37. The second kappa shape index (κ2) is 9.90. The molecule has 2 aromatic carbocycles. The minimum atomic E-state index is -0.212. The number of nitrogens with one attached hydrogen (secondary N) is 2. The highest BCUT2D eigenvalue weighted by atomic mass is 35.5. The van der Waals surface area contributed by atoms with E-state index in [1.807, 2.05) is 6.92 Å². The van der Waals surface area contributed by atoms with E-state index in [2.05, 4.69) is 28.8 Å². The fourth-order valence-electron chi connectivity index (χ4n) is 3.69. The highest BCUT2D eigenvalue weighted by molar-refractivity contribution is 6.33. The third-order valence-electron chi connectivity index (χ3n) is 5.23. The van der Waals surface area contributed by atoms with Crippen molar-refractivity contribution >= 4 is 29.1 Å². The van der Waals surface area contributed by atoms with Crippen LogP contribution in [0.3, 0.4) is 0 Å². The molecule has 1 aliphatic rings. The minimum absolute atomic E-state index is 0.0694. The molecule has 0 spiro atoms. The lowest BCUT2D eigenvalue weighted by Crippen LogP contribution is -2.39. The largest absolute Gasteiger partial charge is 0.348 e. The number of carbonyl (C=O) groups is 2. The van der Waals surface area contributed by atoms with E-state index in [1.54, 1.807) is 36.2 Å². The number of nitrogens with zero attached hydrogens (tertiary/aromatic N) is 1. The van der Waals surface area contributed by atoms with E-state index in [9.17, 15) is 9.59 Å². The number of para-hydroxylation sites is 1. The van der Waals surface area contributed by atoms with Gasteiger partial charge in [-0.15, -0.1) is 0 Å². The van der Waals surface area contributed by atoms with Crippen LogP contribution in [0.5, 0.6) is 0 Å². The number of hydrogen-bond acceptors (Lipinski definition) is 3. The molecule has 2 aromatic rings. The van der Waals surface area contributed by atoms with Crippen molar-refractivity contribution in [1.82, 2.24) is 10.2 Å². The molecule has 0 unspecified atom stereocenters. The summed E-state index contributed by atoms with van der Waals surface area (Å²) in [5.41, 5.74) is 4.53. The van der Waals surface area contributed by atoms with Crippen LogP contribution in [0.25, 0.3) is 0 Å². The van der Waals surface area contributed by atoms with Gasteiger partial charge < -0.3 is 10.6 Å². The van der Waals surface area contributed by atoms with Crippen LogP contribution in [0.4, 0.5) is 5.69 Å². The van der Waals surface area contributed by atoms with Crippen molar-refractivity contribution in [2.45, 2.75) is 38.6 Å². The molecule has 5 nitrogen and oxygen atoms in total. The summed E-state index contributed by atoms with van der Waals surface area (Å²) in [6, 6.07) is 13.5. The van der Waals surface area contributed by atoms with E-state index in [0.29, 0.717) is 10.7 Å². The Balaban J connectivity index is 1.48. The quantitative estimate of drug-likeness (QED) is 0.722. The summed E-state index contributed by atoms with van der Waals surface area (Å²) < 4.78 is 0. The highest BCUT2D eigenvalue weighted by Crippen LogP contribution is 2.24. The molecule has 1 aliphatic carbocycles. The van der Waals surface area contributed by atoms with Gasteiger partial charge in [0.25, 0.3) is 0 Å². The van der Waals surface area contributed by atoms with Gasteiger partial charge >= 0.3 is 0 Å². The molecule has 0 saturated heterocycles. The fraction of sp³-hybridized carbons (Fsp3) is 0.391. The van der Waals surface area contributed by atoms with Gasteiger partial charge in [-0.05, 0) is 68.5 Å². The number of halogens is 1. The topological polar surface area (TPSA) is 61.4 Å². The number of anilines is 1. The third-order valence-corrected chi connectivity index (χ3v) is 5.55. The van der Waals surface area contributed by atoms with E-state index in [1.165, 1.54) is 24.0 Å². The van der Waals surface area contributed by atoms with Gasteiger partial charge in [0.15, 0.2) is 0 Å². The van der Waals surface area contributed by atoms with E-state index in [4.69, 9.17) is 11.6 Å². The summed E-state index contributed by atoms with van der Waals surface area (Å²) in [6.45, 7) is 2.24. The molecular weight excluding hydrogens is 386 g/mol. The maximum Gasteiger partial charge on any atom is 0.238 e. The van der Waals surface area contributed by atoms with Gasteiger partial charge in [0.1, 0.15) is 0 Å². The molecule has 0 fully saturated rings. The van der Waals surface area contributed by atoms with Crippen molar-refractivity contribution in [1.29, 1.82) is 0 Å². The summed E-state index contributed by atoms with van der Waals surface area (Å²) in [4.78, 5) is 26.3. The highest BCUT2D eigenvalue weighted by Gasteiger charge is 2.16. The SMILES string of the molecule is C[C@H](NC(=O)CN(C)CC(=O)Nc1ccccc1Cl)c1ccc2c(c1)CCCC2. The summed E-state index contributed by atoms with van der Waals surface area (Å²) in [5.74, 6) is -0.320. The Morgan fingerprint density at radius 3 is 2.48 bits per heavy atom. The maximum absolute atomic E-state index is 12.4. The van der Waals surface area contributed by atoms with Gasteiger partial charge in [-0.2, -0.15) is 0 Å². The molecule has 154 valence electrons. The number of likely N-dealkylation sites (N-methyl/N-ethyl adjacent to an activating group) is 1. The molecule has 1 atom stereocenters. The molecule has 2 amide bonds. The molecule has 0 heterocycles. The first kappa shape index (κ1) is 21.3. The number of rotatable bonds is 7. The van der Waals surface area contributed by atoms with Gasteiger partial charge in [0, 0.05) is 0 Å². The van der Waals surface area contributed by atoms with Gasteiger partial charge in [0.05, 0.1) is 29.8 Å². The van der Waals surface area contributed by atoms with Crippen LogP contribution in [0.2, 0.25) is 5.02 Å². The van der Waals surface area contributed by atoms with Crippen molar-refractivity contribution in [2.75, 3.05) is 25.5 Å². The molecule has 3 rings (SSSR count). The lowest BCUT2D eigenvalue weighted by molar-refractivity contribution is -0.123. The fourth-order valence-corrected chi connectivity index (χ4v) is 3.87. The number of fused-ring (bicyclic) bond motifs is 1. The zero-order valence-corrected chi connectivity index (χ0v) is 17.8. The number of aryl methyl sites for hydroxylation is 2. The zero-order valence-electron chi connectivity index (χ0n) is 17.0. The Labute approximate surface area is 177 Å². The van der Waals surface area contributed by atoms with Gasteiger partial charge in [0.2, 0.25) is 11.8 Å². The minimum Gasteiger partial charge on any atom is -0.348 e. The van der Waals surface area contributed by atoms with E-state index < -0.39 is 0 Å². The van der Waals surface area contributed by atoms with Crippen LogP contribution in [-0.2, 0) is 22.4 Å². The predicted octanol–water partition coefficient (Wildman–Crippen LogP) is 3.97. The number of benzene rings is 2. The molecule has 29 heavy (non-hydrogen) atoms. The molecular formula is C23H28ClN3O2. The van der Waals surface area contributed by atoms with Crippen molar-refractivity contribution in [3.63, 3.8) is 0 Å². The smallest absolute Gasteiger partial charge is 0.238 e. The zero-order chi connectivity index (χ0) is 20.8. The van der Waals surface area contributed by atoms with E-state index in [-0.39, 0.29) is 30.9 Å². The Kier molecular flexibility index (Phi) is 7.29. The lowest BCUT2D eigenvalue weighted by atomic mass is 9.89. The van der Waals surface area contributed by atoms with Gasteiger partial charge in [-0.25, -0.2) is 0 Å². The second-order valence-corrected chi connectivity index (χ2v) is 8.13. The van der Waals surface area contributed by atoms with Crippen LogP contribution in [-0.4, -0.2) is 36.9 Å². The lowest BCUT2D eigenvalue weighted by Gasteiger charge is -2.21. The van der Waals surface area contributed by atoms with Crippen molar-refractivity contribution in [3.05, 3.63) is 64.2 Å². The summed E-state index contributed by atoms with van der Waals surface area (Å²) in [7, 11) is 1.75. The molecule has 2 N–H and O–H groups in total. The van der Waals surface area contributed by atoms with Gasteiger partial charge in [-0.1, -0.05) is 41.9 Å². The van der Waals surface area contributed by atoms with Crippen LogP contribution in [0.15, 0.2) is 42.5 Å². The second-order valence-electron chi connectivity index (χ2n) is 7.72. The summed E-state index contributed by atoms with van der Waals surface area (Å²) >= 11 is 6.06. The first-order chi connectivity index (χ1) is 13.9. The Bertz CT molecular complexity index is 884. The first-order valence-electron chi connectivity index (χ1n) is 10.1. The molecule has 0 aromatic heterocycles. The summed E-state index contributed by atoms with van der Waals surface area (Å²) in [5, 5.41) is 6.28. The average Bonchev–Trinajstić information content (AvgIpc) is 2.69. The van der Waals surface area contributed by atoms with Gasteiger partial charge in [-0.3, -0.25) is 14.5 Å². The monoisotopic (exact) mass is 413 g/mol. The maximum atomic E-state index is 12.4. The molecule has 0 radical (unpaired) electrons. The van der Waals surface area contributed by atoms with Crippen LogP contribution < -0.4 is 10.6 Å². The number of hydrogen-bond donors (Lipinski definition) is 2. The Morgan fingerprint density at radius 2 is 1.72 bits per heavy atom. The average molecular weight is 414 g/mol. The molecule has 0 bridgehead atoms. The Morgan fingerprint density at radius 1 is 1.03 bits per heavy atom. The number of carbonyl (C=O) groups excluding carboxylic acids is 2. The van der Waals surface area contributed by atoms with Crippen LogP contribution >= 0.6 is 11.6 Å². The van der Waals surface area contributed by atoms with Crippen LogP contribution in [0, 0.1) is 0 Å². The third kappa shape index (κ3) is 6.05. The van der Waals surface area contributed by atoms with Crippen molar-refractivity contribution < 1.29 is 9.59 Å². The molecule has 6 heteroatoms. The van der Waals surface area contributed by atoms with Crippen molar-refractivity contribution in [2.24, 2.45) is 0 Å². The first-order valence-corrected chi connectivity index (χ1v) is 10.4. The standard InChI is InChI=1S/C23H28ClN3O2/c1-16(18-12-11-17-7-3-4-8-19(17)13-18)25-22(28)14-27(2)15-23(29)26-21-10-6-5-9-20(21)24/h5-6,9-13,16H,3-4,7-8,14-15H2,1-2H3,(H,25,28)(H,26,29)/t16-/m0/s1. The van der Waals surface area contributed by atoms with Crippen molar-refractivity contribution in [3.8, 4) is 0 Å². The number of amides is 2.